The summed E-state index contributed by atoms with van der Waals surface area (Å²) in [6.45, 7) is 0. The van der Waals surface area contributed by atoms with Crippen molar-refractivity contribution in [3.05, 3.63) is 170 Å². The van der Waals surface area contributed by atoms with Crippen LogP contribution >= 0.6 is 0 Å². The van der Waals surface area contributed by atoms with Gasteiger partial charge in [-0.1, -0.05) is 109 Å². The fourth-order valence-electron chi connectivity index (χ4n) is 6.74. The number of hydrogen-bond donors (Lipinski definition) is 0. The molecule has 0 bridgehead atoms. The van der Waals surface area contributed by atoms with E-state index < -0.39 is 0 Å². The molecule has 0 aliphatic rings. The van der Waals surface area contributed by atoms with Crippen molar-refractivity contribution in [2.45, 2.75) is 0 Å². The summed E-state index contributed by atoms with van der Waals surface area (Å²) in [4.78, 5) is 6.56. The van der Waals surface area contributed by atoms with Gasteiger partial charge in [-0.2, -0.15) is 0 Å². The van der Waals surface area contributed by atoms with Gasteiger partial charge in [0, 0.05) is 40.1 Å². The molecule has 0 fully saturated rings. The molecule has 7 aromatic carbocycles. The van der Waals surface area contributed by atoms with E-state index in [0.717, 1.165) is 39.0 Å². The molecule has 0 saturated carbocycles. The summed E-state index contributed by atoms with van der Waals surface area (Å²) in [5, 5.41) is 7.14. The van der Waals surface area contributed by atoms with Crippen LogP contribution in [0.1, 0.15) is 0 Å². The number of rotatable bonds is 5. The zero-order valence-electron chi connectivity index (χ0n) is 25.0. The Morgan fingerprint density at radius 1 is 0.413 bits per heavy atom. The Bertz CT molecular complexity index is 2390. The first-order chi connectivity index (χ1) is 22.8. The first kappa shape index (κ1) is 26.2. The fourth-order valence-corrected chi connectivity index (χ4v) is 6.74. The number of fused-ring (bicyclic) bond motifs is 5. The summed E-state index contributed by atoms with van der Waals surface area (Å²) < 4.78 is 6.26. The summed E-state index contributed by atoms with van der Waals surface area (Å²) in [5.74, 6) is 0. The smallest absolute Gasteiger partial charge is 0.153 e. The minimum Gasteiger partial charge on any atom is -0.454 e. The maximum Gasteiger partial charge on any atom is 0.153 e. The highest BCUT2D eigenvalue weighted by Gasteiger charge is 2.17. The molecule has 0 unspecified atom stereocenters. The highest BCUT2D eigenvalue weighted by molar-refractivity contribution is 6.06. The first-order valence-corrected chi connectivity index (χ1v) is 15.5. The van der Waals surface area contributed by atoms with Crippen molar-refractivity contribution >= 4 is 60.5 Å². The van der Waals surface area contributed by atoms with Crippen LogP contribution in [-0.2, 0) is 0 Å². The van der Waals surface area contributed by atoms with E-state index in [4.69, 9.17) is 4.42 Å². The van der Waals surface area contributed by atoms with Crippen LogP contribution in [0.15, 0.2) is 175 Å². The minimum atomic E-state index is 0.792. The van der Waals surface area contributed by atoms with Crippen molar-refractivity contribution < 1.29 is 4.42 Å². The molecule has 9 rings (SSSR count). The molecular formula is C43H28N2O. The Balaban J connectivity index is 1.17. The van der Waals surface area contributed by atoms with Crippen LogP contribution < -0.4 is 4.90 Å². The van der Waals surface area contributed by atoms with Gasteiger partial charge in [0.15, 0.2) is 5.58 Å². The lowest BCUT2D eigenvalue weighted by Gasteiger charge is -2.26. The van der Waals surface area contributed by atoms with Crippen molar-refractivity contribution in [2.24, 2.45) is 0 Å². The Morgan fingerprint density at radius 3 is 1.54 bits per heavy atom. The molecule has 216 valence electrons. The van der Waals surface area contributed by atoms with E-state index in [-0.39, 0.29) is 0 Å². The molecule has 0 spiro atoms. The molecule has 2 aromatic heterocycles. The van der Waals surface area contributed by atoms with Crippen LogP contribution in [-0.4, -0.2) is 4.98 Å². The van der Waals surface area contributed by atoms with Crippen LogP contribution in [0.4, 0.5) is 17.1 Å². The lowest BCUT2D eigenvalue weighted by molar-refractivity contribution is 0.667. The molecule has 0 N–H and O–H groups in total. The predicted octanol–water partition coefficient (Wildman–Crippen LogP) is 12.1. The van der Waals surface area contributed by atoms with Crippen LogP contribution in [0.25, 0.3) is 65.7 Å². The van der Waals surface area contributed by atoms with Crippen LogP contribution in [0.3, 0.4) is 0 Å². The Labute approximate surface area is 266 Å². The topological polar surface area (TPSA) is 29.3 Å². The van der Waals surface area contributed by atoms with Crippen molar-refractivity contribution in [3.63, 3.8) is 0 Å². The fraction of sp³-hybridized carbons (Fsp3) is 0. The number of hydrogen-bond acceptors (Lipinski definition) is 3. The largest absolute Gasteiger partial charge is 0.454 e. The molecular weight excluding hydrogens is 560 g/mol. The number of furan rings is 1. The lowest BCUT2D eigenvalue weighted by atomic mass is 9.97. The van der Waals surface area contributed by atoms with Gasteiger partial charge in [-0.25, -0.2) is 0 Å². The van der Waals surface area contributed by atoms with Crippen LogP contribution in [0.5, 0.6) is 0 Å². The molecule has 0 aliphatic carbocycles. The zero-order valence-corrected chi connectivity index (χ0v) is 25.0. The molecule has 0 saturated heterocycles. The number of anilines is 3. The second-order valence-corrected chi connectivity index (χ2v) is 11.6. The summed E-state index contributed by atoms with van der Waals surface area (Å²) in [6.07, 6.45) is 3.59. The Morgan fingerprint density at radius 2 is 0.935 bits per heavy atom. The summed E-state index contributed by atoms with van der Waals surface area (Å²) >= 11 is 0. The van der Waals surface area contributed by atoms with Crippen LogP contribution in [0.2, 0.25) is 0 Å². The second-order valence-electron chi connectivity index (χ2n) is 11.6. The van der Waals surface area contributed by atoms with Gasteiger partial charge in [0.1, 0.15) is 5.58 Å². The molecule has 3 heteroatoms. The van der Waals surface area contributed by atoms with Crippen molar-refractivity contribution in [2.75, 3.05) is 4.90 Å². The molecule has 0 radical (unpaired) electrons. The molecule has 0 amide bonds. The summed E-state index contributed by atoms with van der Waals surface area (Å²) in [7, 11) is 0. The van der Waals surface area contributed by atoms with Gasteiger partial charge in [0.2, 0.25) is 0 Å². The van der Waals surface area contributed by atoms with Crippen LogP contribution in [0, 0.1) is 0 Å². The van der Waals surface area contributed by atoms with Gasteiger partial charge in [-0.05, 0) is 86.3 Å². The molecule has 0 aliphatic heterocycles. The molecule has 0 atom stereocenters. The van der Waals surface area contributed by atoms with Gasteiger partial charge in [0.05, 0.1) is 6.20 Å². The van der Waals surface area contributed by atoms with Crippen molar-refractivity contribution in [1.82, 2.24) is 4.98 Å². The summed E-state index contributed by atoms with van der Waals surface area (Å²) in [6, 6.07) is 56.3. The van der Waals surface area contributed by atoms with Gasteiger partial charge in [-0.3, -0.25) is 4.98 Å². The Kier molecular flexibility index (Phi) is 6.14. The van der Waals surface area contributed by atoms with Gasteiger partial charge >= 0.3 is 0 Å². The number of pyridine rings is 1. The van der Waals surface area contributed by atoms with E-state index in [2.05, 4.69) is 162 Å². The van der Waals surface area contributed by atoms with Crippen molar-refractivity contribution in [3.8, 4) is 22.3 Å². The molecule has 2 heterocycles. The normalized spacial score (nSPS) is 11.5. The average Bonchev–Trinajstić information content (AvgIpc) is 3.50. The molecule has 46 heavy (non-hydrogen) atoms. The minimum absolute atomic E-state index is 0.792. The van der Waals surface area contributed by atoms with E-state index in [0.29, 0.717) is 0 Å². The highest BCUT2D eigenvalue weighted by Crippen LogP contribution is 2.40. The third-order valence-electron chi connectivity index (χ3n) is 8.97. The first-order valence-electron chi connectivity index (χ1n) is 15.5. The number of benzene rings is 7. The monoisotopic (exact) mass is 588 g/mol. The van der Waals surface area contributed by atoms with Gasteiger partial charge in [-0.15, -0.1) is 0 Å². The lowest BCUT2D eigenvalue weighted by Crippen LogP contribution is -2.09. The van der Waals surface area contributed by atoms with E-state index >= 15 is 0 Å². The maximum atomic E-state index is 6.26. The molecule has 9 aromatic rings. The SMILES string of the molecule is c1ccc2c(-c3ccc(N(c4ccc(-c5cccc6ccccc56)cc4)c4ccc5c(c4)oc4cnccc45)cc3)cccc2c1. The number of nitrogens with zero attached hydrogens (tertiary/aromatic N) is 2. The standard InChI is InChI=1S/C43H28N2O/c1-3-11-36-29(7-1)9-5-13-38(36)31-15-19-33(20-16-31)45(35-23-24-40-41-25-26-44-28-43(41)46-42(40)27-35)34-21-17-32(18-22-34)39-14-6-10-30-8-2-4-12-37(30)39/h1-28H. The predicted molar refractivity (Wildman–Crippen MR) is 192 cm³/mol. The quantitative estimate of drug-likeness (QED) is 0.200. The summed E-state index contributed by atoms with van der Waals surface area (Å²) in [5.41, 5.74) is 9.62. The van der Waals surface area contributed by atoms with E-state index in [1.54, 1.807) is 6.20 Å². The molecule has 3 nitrogen and oxygen atoms in total. The highest BCUT2D eigenvalue weighted by atomic mass is 16.3. The maximum absolute atomic E-state index is 6.26. The van der Waals surface area contributed by atoms with E-state index in [1.807, 2.05) is 12.3 Å². The van der Waals surface area contributed by atoms with E-state index in [9.17, 15) is 0 Å². The van der Waals surface area contributed by atoms with Gasteiger partial charge < -0.3 is 9.32 Å². The Hall–Kier alpha value is -6.19. The third kappa shape index (κ3) is 4.41. The zero-order chi connectivity index (χ0) is 30.5. The number of aromatic nitrogens is 1. The third-order valence-corrected chi connectivity index (χ3v) is 8.97. The average molecular weight is 589 g/mol. The van der Waals surface area contributed by atoms with E-state index in [1.165, 1.54) is 43.8 Å². The van der Waals surface area contributed by atoms with Crippen molar-refractivity contribution in [1.29, 1.82) is 0 Å². The van der Waals surface area contributed by atoms with Gasteiger partial charge in [0.25, 0.3) is 0 Å². The second kappa shape index (κ2) is 10.8.